The molecule has 0 spiro atoms. The number of hydrogen-bond donors (Lipinski definition) is 1. The van der Waals surface area contributed by atoms with Gasteiger partial charge in [0, 0.05) is 19.0 Å². The van der Waals surface area contributed by atoms with Gasteiger partial charge in [-0.05, 0) is 12.1 Å². The Morgan fingerprint density at radius 2 is 2.00 bits per heavy atom. The maximum absolute atomic E-state index is 11.5. The number of hydrogen-bond acceptors (Lipinski definition) is 3. The molecule has 4 nitrogen and oxygen atoms in total. The Labute approximate surface area is 107 Å². The fraction of sp³-hybridized carbons (Fsp3) is 0.417. The maximum Gasteiger partial charge on any atom is 0.410 e. The number of halogens is 1. The lowest BCUT2D eigenvalue weighted by molar-refractivity contribution is 0.0518. The highest BCUT2D eigenvalue weighted by atomic mass is 35.5. The number of nitrogens with zero attached hydrogens (tertiary/aromatic N) is 1. The number of ether oxygens (including phenoxy) is 1. The van der Waals surface area contributed by atoms with E-state index >= 15 is 0 Å². The standard InChI is InChI=1S/C12H16N2O2.ClH/c13-6-11-7-14(8-11)12(15)16-9-10-4-2-1-3-5-10;/h1-5,11H,6-9,13H2;1H. The molecule has 2 rings (SSSR count). The highest BCUT2D eigenvalue weighted by Crippen LogP contribution is 2.15. The molecule has 0 aliphatic carbocycles. The molecule has 1 aromatic rings. The third kappa shape index (κ3) is 3.61. The van der Waals surface area contributed by atoms with Crippen LogP contribution in [0.2, 0.25) is 0 Å². The first-order valence-corrected chi connectivity index (χ1v) is 5.45. The summed E-state index contributed by atoms with van der Waals surface area (Å²) < 4.78 is 5.17. The normalized spacial score (nSPS) is 14.8. The number of rotatable bonds is 3. The second-order valence-electron chi connectivity index (χ2n) is 4.05. The second-order valence-corrected chi connectivity index (χ2v) is 4.05. The van der Waals surface area contributed by atoms with E-state index in [0.29, 0.717) is 19.1 Å². The van der Waals surface area contributed by atoms with Gasteiger partial charge < -0.3 is 15.4 Å². The summed E-state index contributed by atoms with van der Waals surface area (Å²) in [5.74, 6) is 0.448. The lowest BCUT2D eigenvalue weighted by Crippen LogP contribution is -2.52. The number of benzene rings is 1. The van der Waals surface area contributed by atoms with Crippen molar-refractivity contribution in [2.75, 3.05) is 19.6 Å². The molecule has 94 valence electrons. The van der Waals surface area contributed by atoms with Crippen molar-refractivity contribution >= 4 is 18.5 Å². The van der Waals surface area contributed by atoms with Crippen LogP contribution in [0.25, 0.3) is 0 Å². The van der Waals surface area contributed by atoms with Gasteiger partial charge in [-0.15, -0.1) is 12.4 Å². The highest BCUT2D eigenvalue weighted by molar-refractivity contribution is 5.85. The lowest BCUT2D eigenvalue weighted by atomic mass is 10.0. The number of amides is 1. The number of carbonyl (C=O) groups is 1. The van der Waals surface area contributed by atoms with Gasteiger partial charge in [0.2, 0.25) is 0 Å². The molecule has 1 fully saturated rings. The summed E-state index contributed by atoms with van der Waals surface area (Å²) >= 11 is 0. The van der Waals surface area contributed by atoms with Crippen molar-refractivity contribution in [3.8, 4) is 0 Å². The van der Waals surface area contributed by atoms with Crippen LogP contribution in [-0.4, -0.2) is 30.6 Å². The van der Waals surface area contributed by atoms with Gasteiger partial charge in [-0.1, -0.05) is 30.3 Å². The molecular formula is C12H17ClN2O2. The van der Waals surface area contributed by atoms with Gasteiger partial charge in [0.05, 0.1) is 0 Å². The average molecular weight is 257 g/mol. The molecule has 2 N–H and O–H groups in total. The summed E-state index contributed by atoms with van der Waals surface area (Å²) in [6.45, 7) is 2.43. The van der Waals surface area contributed by atoms with Gasteiger partial charge >= 0.3 is 6.09 Å². The second kappa shape index (κ2) is 6.47. The Kier molecular flexibility index (Phi) is 5.25. The van der Waals surface area contributed by atoms with E-state index in [1.807, 2.05) is 30.3 Å². The largest absolute Gasteiger partial charge is 0.445 e. The van der Waals surface area contributed by atoms with Crippen molar-refractivity contribution in [1.82, 2.24) is 4.90 Å². The fourth-order valence-corrected chi connectivity index (χ4v) is 1.68. The van der Waals surface area contributed by atoms with E-state index in [1.165, 1.54) is 0 Å². The number of likely N-dealkylation sites (tertiary alicyclic amines) is 1. The van der Waals surface area contributed by atoms with Crippen molar-refractivity contribution < 1.29 is 9.53 Å². The third-order valence-corrected chi connectivity index (χ3v) is 2.75. The molecule has 0 unspecified atom stereocenters. The van der Waals surface area contributed by atoms with Crippen molar-refractivity contribution in [1.29, 1.82) is 0 Å². The van der Waals surface area contributed by atoms with Gasteiger partial charge in [-0.25, -0.2) is 4.79 Å². The average Bonchev–Trinajstić information content (AvgIpc) is 2.26. The molecule has 0 saturated carbocycles. The van der Waals surface area contributed by atoms with Gasteiger partial charge in [-0.3, -0.25) is 0 Å². The molecule has 1 aromatic carbocycles. The zero-order chi connectivity index (χ0) is 11.4. The third-order valence-electron chi connectivity index (χ3n) is 2.75. The first kappa shape index (κ1) is 13.8. The summed E-state index contributed by atoms with van der Waals surface area (Å²) in [4.78, 5) is 13.2. The summed E-state index contributed by atoms with van der Waals surface area (Å²) in [6.07, 6.45) is -0.242. The summed E-state index contributed by atoms with van der Waals surface area (Å²) in [5, 5.41) is 0. The van der Waals surface area contributed by atoms with Crippen molar-refractivity contribution in [3.63, 3.8) is 0 Å². The molecule has 0 radical (unpaired) electrons. The predicted molar refractivity (Wildman–Crippen MR) is 68.0 cm³/mol. The Morgan fingerprint density at radius 1 is 1.35 bits per heavy atom. The van der Waals surface area contributed by atoms with Gasteiger partial charge in [0.15, 0.2) is 0 Å². The SMILES string of the molecule is Cl.NCC1CN(C(=O)OCc2ccccc2)C1. The monoisotopic (exact) mass is 256 g/mol. The van der Waals surface area contributed by atoms with Crippen LogP contribution in [0.3, 0.4) is 0 Å². The molecular weight excluding hydrogens is 240 g/mol. The Bertz CT molecular complexity index is 353. The van der Waals surface area contributed by atoms with Crippen LogP contribution < -0.4 is 5.73 Å². The van der Waals surface area contributed by atoms with Gasteiger partial charge in [0.1, 0.15) is 6.61 Å². The van der Waals surface area contributed by atoms with Crippen LogP contribution in [0.4, 0.5) is 4.79 Å². The Hall–Kier alpha value is -1.26. The maximum atomic E-state index is 11.5. The molecule has 1 saturated heterocycles. The zero-order valence-electron chi connectivity index (χ0n) is 9.54. The van der Waals surface area contributed by atoms with Crippen LogP contribution >= 0.6 is 12.4 Å². The summed E-state index contributed by atoms with van der Waals surface area (Å²) in [6, 6.07) is 9.67. The smallest absolute Gasteiger partial charge is 0.410 e. The quantitative estimate of drug-likeness (QED) is 0.895. The molecule has 1 heterocycles. The first-order chi connectivity index (χ1) is 7.79. The van der Waals surface area contributed by atoms with E-state index in [-0.39, 0.29) is 18.5 Å². The van der Waals surface area contributed by atoms with Crippen LogP contribution in [0, 0.1) is 5.92 Å². The van der Waals surface area contributed by atoms with Gasteiger partial charge in [-0.2, -0.15) is 0 Å². The van der Waals surface area contributed by atoms with Crippen LogP contribution in [0.5, 0.6) is 0 Å². The minimum Gasteiger partial charge on any atom is -0.445 e. The highest BCUT2D eigenvalue weighted by Gasteiger charge is 2.30. The van der Waals surface area contributed by atoms with E-state index in [9.17, 15) is 4.79 Å². The van der Waals surface area contributed by atoms with Crippen LogP contribution in [-0.2, 0) is 11.3 Å². The Balaban J connectivity index is 0.00000144. The van der Waals surface area contributed by atoms with E-state index in [0.717, 1.165) is 18.7 Å². The molecule has 1 aliphatic rings. The number of carbonyl (C=O) groups excluding carboxylic acids is 1. The molecule has 17 heavy (non-hydrogen) atoms. The van der Waals surface area contributed by atoms with Crippen LogP contribution in [0.15, 0.2) is 30.3 Å². The van der Waals surface area contributed by atoms with Crippen molar-refractivity contribution in [2.24, 2.45) is 11.7 Å². The molecule has 1 aliphatic heterocycles. The summed E-state index contributed by atoms with van der Waals surface area (Å²) in [5.41, 5.74) is 6.49. The minimum atomic E-state index is -0.242. The molecule has 0 bridgehead atoms. The lowest BCUT2D eigenvalue weighted by Gasteiger charge is -2.37. The molecule has 0 atom stereocenters. The van der Waals surface area contributed by atoms with Crippen molar-refractivity contribution in [3.05, 3.63) is 35.9 Å². The van der Waals surface area contributed by atoms with E-state index in [4.69, 9.17) is 10.5 Å². The molecule has 1 amide bonds. The fourth-order valence-electron chi connectivity index (χ4n) is 1.68. The van der Waals surface area contributed by atoms with Crippen LogP contribution in [0.1, 0.15) is 5.56 Å². The molecule has 0 aromatic heterocycles. The minimum absolute atomic E-state index is 0. The first-order valence-electron chi connectivity index (χ1n) is 5.45. The van der Waals surface area contributed by atoms with E-state index in [2.05, 4.69) is 0 Å². The summed E-state index contributed by atoms with van der Waals surface area (Å²) in [7, 11) is 0. The topological polar surface area (TPSA) is 55.6 Å². The van der Waals surface area contributed by atoms with E-state index in [1.54, 1.807) is 4.90 Å². The Morgan fingerprint density at radius 3 is 2.59 bits per heavy atom. The van der Waals surface area contributed by atoms with Gasteiger partial charge in [0.25, 0.3) is 0 Å². The predicted octanol–water partition coefficient (Wildman–Crippen LogP) is 1.64. The molecule has 5 heteroatoms. The van der Waals surface area contributed by atoms with E-state index < -0.39 is 0 Å². The number of nitrogens with two attached hydrogens (primary N) is 1. The van der Waals surface area contributed by atoms with Crippen molar-refractivity contribution in [2.45, 2.75) is 6.61 Å². The zero-order valence-corrected chi connectivity index (χ0v) is 10.4.